The maximum Gasteiger partial charge on any atom is 0.0256 e. The van der Waals surface area contributed by atoms with Crippen LogP contribution in [0.25, 0.3) is 0 Å². The van der Waals surface area contributed by atoms with Gasteiger partial charge in [0, 0.05) is 12.1 Å². The molecule has 52 valence electrons. The first kappa shape index (κ1) is 5.69. The van der Waals surface area contributed by atoms with E-state index in [4.69, 9.17) is 0 Å². The fourth-order valence-corrected chi connectivity index (χ4v) is 1.56. The van der Waals surface area contributed by atoms with E-state index in [2.05, 4.69) is 17.8 Å². The van der Waals surface area contributed by atoms with Crippen LogP contribution in [0.2, 0.25) is 0 Å². The number of nitrogens with one attached hydrogen (secondary N) is 2. The summed E-state index contributed by atoms with van der Waals surface area (Å²) in [4.78, 5) is 0. The number of hydrogen-bond acceptors (Lipinski definition) is 2. The predicted octanol–water partition coefficient (Wildman–Crippen LogP) is 0.651. The SMILES string of the molecule is CC1CC(C2CC2)NN1. The minimum atomic E-state index is 0.690. The van der Waals surface area contributed by atoms with Crippen LogP contribution in [0.4, 0.5) is 0 Å². The van der Waals surface area contributed by atoms with Crippen LogP contribution in [0.15, 0.2) is 0 Å². The van der Waals surface area contributed by atoms with Crippen molar-refractivity contribution in [2.75, 3.05) is 0 Å². The Bertz CT molecular complexity index is 109. The molecule has 2 atom stereocenters. The molecule has 1 saturated heterocycles. The molecule has 2 aliphatic rings. The van der Waals surface area contributed by atoms with Crippen LogP contribution >= 0.6 is 0 Å². The third-order valence-corrected chi connectivity index (χ3v) is 2.31. The Morgan fingerprint density at radius 2 is 2.00 bits per heavy atom. The van der Waals surface area contributed by atoms with Gasteiger partial charge in [-0.3, -0.25) is 10.9 Å². The van der Waals surface area contributed by atoms with Gasteiger partial charge in [-0.1, -0.05) is 0 Å². The van der Waals surface area contributed by atoms with Gasteiger partial charge in [-0.2, -0.15) is 0 Å². The molecule has 1 aliphatic carbocycles. The molecule has 0 aromatic carbocycles. The summed E-state index contributed by atoms with van der Waals surface area (Å²) < 4.78 is 0. The summed E-state index contributed by atoms with van der Waals surface area (Å²) in [5.41, 5.74) is 6.56. The first-order chi connectivity index (χ1) is 4.36. The average molecular weight is 126 g/mol. The van der Waals surface area contributed by atoms with Gasteiger partial charge in [0.25, 0.3) is 0 Å². The predicted molar refractivity (Wildman–Crippen MR) is 36.9 cm³/mol. The van der Waals surface area contributed by atoms with Crippen molar-refractivity contribution in [1.82, 2.24) is 10.9 Å². The van der Waals surface area contributed by atoms with E-state index in [1.165, 1.54) is 19.3 Å². The Hall–Kier alpha value is -0.0800. The van der Waals surface area contributed by atoms with E-state index in [0.29, 0.717) is 6.04 Å². The van der Waals surface area contributed by atoms with Crippen LogP contribution in [0.3, 0.4) is 0 Å². The molecule has 0 spiro atoms. The molecular weight excluding hydrogens is 112 g/mol. The lowest BCUT2D eigenvalue weighted by molar-refractivity contribution is 0.501. The zero-order valence-electron chi connectivity index (χ0n) is 5.85. The summed E-state index contributed by atoms with van der Waals surface area (Å²) in [6.07, 6.45) is 4.22. The molecule has 0 aromatic heterocycles. The lowest BCUT2D eigenvalue weighted by Crippen LogP contribution is -2.33. The molecule has 0 radical (unpaired) electrons. The van der Waals surface area contributed by atoms with Crippen molar-refractivity contribution in [3.63, 3.8) is 0 Å². The lowest BCUT2D eigenvalue weighted by Gasteiger charge is -2.04. The molecule has 2 unspecified atom stereocenters. The van der Waals surface area contributed by atoms with Crippen molar-refractivity contribution >= 4 is 0 Å². The van der Waals surface area contributed by atoms with Gasteiger partial charge < -0.3 is 0 Å². The zero-order chi connectivity index (χ0) is 6.27. The van der Waals surface area contributed by atoms with Crippen molar-refractivity contribution in [2.24, 2.45) is 5.92 Å². The highest BCUT2D eigenvalue weighted by Gasteiger charge is 2.34. The molecule has 2 nitrogen and oxygen atoms in total. The van der Waals surface area contributed by atoms with E-state index >= 15 is 0 Å². The second-order valence-electron chi connectivity index (χ2n) is 3.37. The van der Waals surface area contributed by atoms with Gasteiger partial charge in [-0.25, -0.2) is 0 Å². The minimum Gasteiger partial charge on any atom is -0.255 e. The molecule has 1 heterocycles. The Labute approximate surface area is 56.0 Å². The number of hydrazine groups is 1. The number of hydrogen-bond donors (Lipinski definition) is 2. The Morgan fingerprint density at radius 1 is 1.22 bits per heavy atom. The fraction of sp³-hybridized carbons (Fsp3) is 1.00. The monoisotopic (exact) mass is 126 g/mol. The molecule has 2 heteroatoms. The molecule has 2 N–H and O–H groups in total. The Balaban J connectivity index is 1.86. The van der Waals surface area contributed by atoms with Crippen molar-refractivity contribution in [3.8, 4) is 0 Å². The Morgan fingerprint density at radius 3 is 2.44 bits per heavy atom. The minimum absolute atomic E-state index is 0.690. The van der Waals surface area contributed by atoms with Gasteiger partial charge in [-0.05, 0) is 32.1 Å². The van der Waals surface area contributed by atoms with Crippen molar-refractivity contribution < 1.29 is 0 Å². The van der Waals surface area contributed by atoms with E-state index < -0.39 is 0 Å². The fourth-order valence-electron chi connectivity index (χ4n) is 1.56. The highest BCUT2D eigenvalue weighted by Crippen LogP contribution is 2.35. The van der Waals surface area contributed by atoms with Crippen LogP contribution in [0.5, 0.6) is 0 Å². The standard InChI is InChI=1S/C7H14N2/c1-5-4-7(9-8-5)6-2-3-6/h5-9H,2-4H2,1H3. The summed E-state index contributed by atoms with van der Waals surface area (Å²) in [7, 11) is 0. The Kier molecular flexibility index (Phi) is 1.24. The lowest BCUT2D eigenvalue weighted by atomic mass is 10.1. The third-order valence-electron chi connectivity index (χ3n) is 2.31. The maximum atomic E-state index is 3.32. The van der Waals surface area contributed by atoms with Crippen LogP contribution in [0, 0.1) is 5.92 Å². The van der Waals surface area contributed by atoms with Gasteiger partial charge in [-0.15, -0.1) is 0 Å². The van der Waals surface area contributed by atoms with E-state index in [0.717, 1.165) is 12.0 Å². The summed E-state index contributed by atoms with van der Waals surface area (Å²) in [6.45, 7) is 2.23. The topological polar surface area (TPSA) is 24.1 Å². The second-order valence-corrected chi connectivity index (χ2v) is 3.37. The highest BCUT2D eigenvalue weighted by molar-refractivity contribution is 4.90. The van der Waals surface area contributed by atoms with Crippen LogP contribution in [-0.2, 0) is 0 Å². The van der Waals surface area contributed by atoms with Crippen LogP contribution in [0.1, 0.15) is 26.2 Å². The van der Waals surface area contributed by atoms with Gasteiger partial charge in [0.15, 0.2) is 0 Å². The molecule has 9 heavy (non-hydrogen) atoms. The molecule has 0 bridgehead atoms. The van der Waals surface area contributed by atoms with E-state index in [1.54, 1.807) is 0 Å². The van der Waals surface area contributed by atoms with Gasteiger partial charge in [0.2, 0.25) is 0 Å². The molecule has 0 aromatic rings. The van der Waals surface area contributed by atoms with E-state index in [9.17, 15) is 0 Å². The van der Waals surface area contributed by atoms with Gasteiger partial charge in [0.1, 0.15) is 0 Å². The normalized spacial score (nSPS) is 43.7. The van der Waals surface area contributed by atoms with Crippen molar-refractivity contribution in [2.45, 2.75) is 38.3 Å². The molecule has 1 aliphatic heterocycles. The largest absolute Gasteiger partial charge is 0.255 e. The van der Waals surface area contributed by atoms with Crippen molar-refractivity contribution in [1.29, 1.82) is 0 Å². The van der Waals surface area contributed by atoms with E-state index in [-0.39, 0.29) is 0 Å². The quantitative estimate of drug-likeness (QED) is 0.539. The number of rotatable bonds is 1. The first-order valence-electron chi connectivity index (χ1n) is 3.87. The van der Waals surface area contributed by atoms with Crippen LogP contribution < -0.4 is 10.9 Å². The molecule has 2 rings (SSSR count). The molecule has 1 saturated carbocycles. The molecule has 2 fully saturated rings. The van der Waals surface area contributed by atoms with Gasteiger partial charge >= 0.3 is 0 Å². The zero-order valence-corrected chi connectivity index (χ0v) is 5.85. The van der Waals surface area contributed by atoms with Gasteiger partial charge in [0.05, 0.1) is 0 Å². The summed E-state index contributed by atoms with van der Waals surface area (Å²) in [6, 6.07) is 1.48. The second kappa shape index (κ2) is 1.96. The third kappa shape index (κ3) is 1.10. The molecule has 0 amide bonds. The highest BCUT2D eigenvalue weighted by atomic mass is 15.4. The van der Waals surface area contributed by atoms with Crippen LogP contribution in [-0.4, -0.2) is 12.1 Å². The maximum absolute atomic E-state index is 3.32. The summed E-state index contributed by atoms with van der Waals surface area (Å²) in [5, 5.41) is 0. The first-order valence-corrected chi connectivity index (χ1v) is 3.87. The van der Waals surface area contributed by atoms with E-state index in [1.807, 2.05) is 0 Å². The smallest absolute Gasteiger partial charge is 0.0256 e. The molecular formula is C7H14N2. The summed E-state index contributed by atoms with van der Waals surface area (Å²) in [5.74, 6) is 1.00. The average Bonchev–Trinajstić information content (AvgIpc) is 2.58. The summed E-state index contributed by atoms with van der Waals surface area (Å²) >= 11 is 0. The van der Waals surface area contributed by atoms with Crippen molar-refractivity contribution in [3.05, 3.63) is 0 Å².